The molecule has 1 saturated heterocycles. The van der Waals surface area contributed by atoms with Crippen molar-refractivity contribution >= 4 is 5.91 Å². The summed E-state index contributed by atoms with van der Waals surface area (Å²) in [5, 5.41) is 7.71. The zero-order valence-corrected chi connectivity index (χ0v) is 18.5. The van der Waals surface area contributed by atoms with E-state index in [0.717, 1.165) is 48.4 Å². The molecule has 7 nitrogen and oxygen atoms in total. The highest BCUT2D eigenvalue weighted by Gasteiger charge is 2.29. The van der Waals surface area contributed by atoms with E-state index >= 15 is 0 Å². The number of hydrogen-bond acceptors (Lipinski definition) is 5. The van der Waals surface area contributed by atoms with Crippen molar-refractivity contribution in [2.75, 3.05) is 6.54 Å². The Morgan fingerprint density at radius 2 is 1.85 bits per heavy atom. The molecule has 0 aliphatic carbocycles. The summed E-state index contributed by atoms with van der Waals surface area (Å²) >= 11 is 0. The first kappa shape index (κ1) is 20.9. The second kappa shape index (κ2) is 9.24. The molecule has 2 aromatic carbocycles. The van der Waals surface area contributed by atoms with Crippen LogP contribution in [0.3, 0.4) is 0 Å². The highest BCUT2D eigenvalue weighted by Crippen LogP contribution is 2.33. The van der Waals surface area contributed by atoms with E-state index in [2.05, 4.69) is 15.2 Å². The van der Waals surface area contributed by atoms with Crippen molar-refractivity contribution in [2.45, 2.75) is 32.2 Å². The molecule has 0 bridgehead atoms. The van der Waals surface area contributed by atoms with Crippen LogP contribution >= 0.6 is 0 Å². The maximum absolute atomic E-state index is 13.5. The summed E-state index contributed by atoms with van der Waals surface area (Å²) in [5.74, 6) is 1.33. The molecular formula is C26H25N5O2. The van der Waals surface area contributed by atoms with Gasteiger partial charge in [0.15, 0.2) is 0 Å². The van der Waals surface area contributed by atoms with Crippen LogP contribution in [0.1, 0.15) is 46.8 Å². The number of aromatic nitrogens is 4. The van der Waals surface area contributed by atoms with Crippen LogP contribution in [-0.4, -0.2) is 37.1 Å². The van der Waals surface area contributed by atoms with Gasteiger partial charge < -0.3 is 9.64 Å². The summed E-state index contributed by atoms with van der Waals surface area (Å²) in [7, 11) is 0. The molecule has 0 unspecified atom stereocenters. The van der Waals surface area contributed by atoms with Crippen LogP contribution < -0.4 is 4.74 Å². The highest BCUT2D eigenvalue weighted by molar-refractivity contribution is 5.95. The minimum atomic E-state index is -0.00895. The van der Waals surface area contributed by atoms with Crippen molar-refractivity contribution in [1.82, 2.24) is 24.6 Å². The largest absolute Gasteiger partial charge is 0.439 e. The second-order valence-corrected chi connectivity index (χ2v) is 8.28. The molecule has 33 heavy (non-hydrogen) atoms. The van der Waals surface area contributed by atoms with Gasteiger partial charge in [-0.3, -0.25) is 9.36 Å². The number of benzene rings is 2. The first-order chi connectivity index (χ1) is 16.2. The fourth-order valence-corrected chi connectivity index (χ4v) is 4.27. The molecule has 3 heterocycles. The third-order valence-corrected chi connectivity index (χ3v) is 5.93. The summed E-state index contributed by atoms with van der Waals surface area (Å²) in [4.78, 5) is 20.0. The van der Waals surface area contributed by atoms with Crippen LogP contribution in [0.2, 0.25) is 0 Å². The molecule has 0 spiro atoms. The van der Waals surface area contributed by atoms with Crippen molar-refractivity contribution in [2.24, 2.45) is 0 Å². The zero-order chi connectivity index (χ0) is 22.6. The van der Waals surface area contributed by atoms with Crippen molar-refractivity contribution in [3.05, 3.63) is 96.2 Å². The van der Waals surface area contributed by atoms with Crippen molar-refractivity contribution in [3.8, 4) is 17.3 Å². The molecule has 2 aromatic heterocycles. The predicted octanol–water partition coefficient (Wildman–Crippen LogP) is 5.13. The van der Waals surface area contributed by atoms with E-state index in [9.17, 15) is 4.79 Å². The van der Waals surface area contributed by atoms with Crippen molar-refractivity contribution in [3.63, 3.8) is 0 Å². The second-order valence-electron chi connectivity index (χ2n) is 8.28. The molecule has 1 amide bonds. The maximum atomic E-state index is 13.5. The van der Waals surface area contributed by atoms with Crippen molar-refractivity contribution in [1.29, 1.82) is 0 Å². The van der Waals surface area contributed by atoms with E-state index in [4.69, 9.17) is 4.74 Å². The van der Waals surface area contributed by atoms with Gasteiger partial charge in [-0.2, -0.15) is 0 Å². The molecule has 1 aliphatic heterocycles. The molecule has 5 rings (SSSR count). The third-order valence-electron chi connectivity index (χ3n) is 5.93. The van der Waals surface area contributed by atoms with Crippen LogP contribution in [0, 0.1) is 6.92 Å². The average Bonchev–Trinajstić information content (AvgIpc) is 3.40. The van der Waals surface area contributed by atoms with Gasteiger partial charge in [0.1, 0.15) is 18.4 Å². The summed E-state index contributed by atoms with van der Waals surface area (Å²) in [5.41, 5.74) is 3.67. The van der Waals surface area contributed by atoms with Gasteiger partial charge in [-0.1, -0.05) is 24.3 Å². The fourth-order valence-electron chi connectivity index (χ4n) is 4.27. The number of hydrogen-bond donors (Lipinski definition) is 0. The van der Waals surface area contributed by atoms with Crippen LogP contribution in [0.25, 0.3) is 5.69 Å². The van der Waals surface area contributed by atoms with Gasteiger partial charge in [0.05, 0.1) is 6.04 Å². The quantitative estimate of drug-likeness (QED) is 0.431. The molecule has 0 N–H and O–H groups in total. The molecular weight excluding hydrogens is 414 g/mol. The number of pyridine rings is 1. The summed E-state index contributed by atoms with van der Waals surface area (Å²) in [6.45, 7) is 2.75. The van der Waals surface area contributed by atoms with Gasteiger partial charge in [0.25, 0.3) is 5.91 Å². The lowest BCUT2D eigenvalue weighted by Gasteiger charge is -2.36. The monoisotopic (exact) mass is 439 g/mol. The van der Waals surface area contributed by atoms with Gasteiger partial charge in [-0.15, -0.1) is 10.2 Å². The van der Waals surface area contributed by atoms with Crippen molar-refractivity contribution < 1.29 is 9.53 Å². The lowest BCUT2D eigenvalue weighted by molar-refractivity contribution is 0.0611. The summed E-state index contributed by atoms with van der Waals surface area (Å²) < 4.78 is 7.68. The van der Waals surface area contributed by atoms with Crippen LogP contribution in [0.4, 0.5) is 0 Å². The van der Waals surface area contributed by atoms with Gasteiger partial charge in [-0.25, -0.2) is 4.98 Å². The van der Waals surface area contributed by atoms with E-state index < -0.39 is 0 Å². The van der Waals surface area contributed by atoms with Gasteiger partial charge in [0, 0.05) is 30.1 Å². The fraction of sp³-hybridized carbons (Fsp3) is 0.231. The minimum Gasteiger partial charge on any atom is -0.439 e. The Morgan fingerprint density at radius 1 is 1.00 bits per heavy atom. The lowest BCUT2D eigenvalue weighted by Crippen LogP contribution is -2.38. The number of nitrogens with zero attached hydrogens (tertiary/aromatic N) is 5. The number of ether oxygens (including phenoxy) is 1. The smallest absolute Gasteiger partial charge is 0.254 e. The van der Waals surface area contributed by atoms with Crippen LogP contribution in [-0.2, 0) is 0 Å². The van der Waals surface area contributed by atoms with E-state index in [0.29, 0.717) is 11.4 Å². The number of aryl methyl sites for hydroxylation is 1. The minimum absolute atomic E-state index is 0.00895. The van der Waals surface area contributed by atoms with E-state index in [1.54, 1.807) is 17.2 Å². The Bertz CT molecular complexity index is 1240. The number of piperidine rings is 1. The molecule has 0 radical (unpaired) electrons. The zero-order valence-electron chi connectivity index (χ0n) is 18.5. The third kappa shape index (κ3) is 4.62. The van der Waals surface area contributed by atoms with E-state index in [1.165, 1.54) is 0 Å². The first-order valence-corrected chi connectivity index (χ1v) is 11.1. The maximum Gasteiger partial charge on any atom is 0.254 e. The Hall–Kier alpha value is -4.00. The molecule has 0 saturated carbocycles. The Labute approximate surface area is 192 Å². The Kier molecular flexibility index (Phi) is 5.85. The Balaban J connectivity index is 1.35. The molecule has 1 atom stereocenters. The molecule has 166 valence electrons. The molecule has 4 aromatic rings. The van der Waals surface area contributed by atoms with E-state index in [-0.39, 0.29) is 11.9 Å². The summed E-state index contributed by atoms with van der Waals surface area (Å²) in [6, 6.07) is 19.3. The number of carbonyl (C=O) groups is 1. The Morgan fingerprint density at radius 3 is 2.64 bits per heavy atom. The topological polar surface area (TPSA) is 73.1 Å². The number of carbonyl (C=O) groups excluding carboxylic acids is 1. The normalized spacial score (nSPS) is 15.9. The number of amides is 1. The molecule has 7 heteroatoms. The predicted molar refractivity (Wildman–Crippen MR) is 124 cm³/mol. The van der Waals surface area contributed by atoms with Crippen LogP contribution in [0.15, 0.2) is 79.5 Å². The average molecular weight is 440 g/mol. The molecule has 1 fully saturated rings. The number of rotatable bonds is 5. The van der Waals surface area contributed by atoms with Gasteiger partial charge in [-0.05, 0) is 67.6 Å². The summed E-state index contributed by atoms with van der Waals surface area (Å²) in [6.07, 6.45) is 8.07. The lowest BCUT2D eigenvalue weighted by atomic mass is 9.95. The first-order valence-electron chi connectivity index (χ1n) is 11.1. The highest BCUT2D eigenvalue weighted by atomic mass is 16.5. The molecule has 1 aliphatic rings. The number of likely N-dealkylation sites (tertiary alicyclic amines) is 1. The van der Waals surface area contributed by atoms with Crippen LogP contribution in [0.5, 0.6) is 11.6 Å². The van der Waals surface area contributed by atoms with Gasteiger partial charge in [0.2, 0.25) is 5.88 Å². The SMILES string of the molecule is Cc1cccc(Oc2ccc([C@@H]3CCCCN3C(=O)c3cccc(-n4cnnc4)c3)cn2)c1. The van der Waals surface area contributed by atoms with Gasteiger partial charge >= 0.3 is 0 Å². The standard InChI is InChI=1S/C26H25N5O2/c1-19-6-4-9-23(14-19)33-25-12-11-21(16-27-25)24-10-2-3-13-31(24)26(32)20-7-5-8-22(15-20)30-17-28-29-18-30/h4-9,11-12,14-18,24H,2-3,10,13H2,1H3/t24-/m0/s1. The van der Waals surface area contributed by atoms with E-state index in [1.807, 2.05) is 78.7 Å².